The van der Waals surface area contributed by atoms with Crippen LogP contribution in [0.2, 0.25) is 0 Å². The molecule has 0 saturated heterocycles. The van der Waals surface area contributed by atoms with E-state index in [-0.39, 0.29) is 17.1 Å². The van der Waals surface area contributed by atoms with E-state index in [1.165, 1.54) is 32.3 Å². The monoisotopic (exact) mass is 567 g/mol. The second-order valence-electron chi connectivity index (χ2n) is 7.92. The van der Waals surface area contributed by atoms with E-state index in [1.807, 2.05) is 0 Å². The summed E-state index contributed by atoms with van der Waals surface area (Å²) in [5, 5.41) is 15.8. The lowest BCUT2D eigenvalue weighted by Gasteiger charge is -2.25. The Kier molecular flexibility index (Phi) is 9.42. The van der Waals surface area contributed by atoms with E-state index in [0.717, 1.165) is 0 Å². The van der Waals surface area contributed by atoms with E-state index < -0.39 is 24.2 Å². The summed E-state index contributed by atoms with van der Waals surface area (Å²) >= 11 is 3.35. The average Bonchev–Trinajstić information content (AvgIpc) is 2.87. The number of aromatic hydroxyl groups is 1. The van der Waals surface area contributed by atoms with Gasteiger partial charge in [-0.2, -0.15) is 0 Å². The third-order valence-corrected chi connectivity index (χ3v) is 5.79. The Bertz CT molecular complexity index is 1310. The van der Waals surface area contributed by atoms with Crippen molar-refractivity contribution in [3.05, 3.63) is 94.5 Å². The topological polar surface area (TPSA) is 140 Å². The van der Waals surface area contributed by atoms with Gasteiger partial charge in [-0.1, -0.05) is 28.1 Å². The Labute approximate surface area is 222 Å². The number of phenolic OH excluding ortho intramolecular Hbond substituents is 1. The highest BCUT2D eigenvalue weighted by Crippen LogP contribution is 2.34. The van der Waals surface area contributed by atoms with E-state index in [9.17, 15) is 19.5 Å². The summed E-state index contributed by atoms with van der Waals surface area (Å²) in [4.78, 5) is 36.8. The number of ketones is 1. The number of benzene rings is 3. The van der Waals surface area contributed by atoms with Crippen molar-refractivity contribution in [2.45, 2.75) is 19.1 Å². The van der Waals surface area contributed by atoms with E-state index in [2.05, 4.69) is 26.6 Å². The van der Waals surface area contributed by atoms with Gasteiger partial charge in [0.1, 0.15) is 11.9 Å². The predicted octanol–water partition coefficient (Wildman–Crippen LogP) is 5.44. The minimum absolute atomic E-state index is 0.104. The number of hydrogen-bond acceptors (Lipinski definition) is 7. The second-order valence-corrected chi connectivity index (χ2v) is 8.84. The van der Waals surface area contributed by atoms with Gasteiger partial charge in [0, 0.05) is 34.5 Å². The molecule has 0 heterocycles. The smallest absolute Gasteiger partial charge is 0.412 e. The molecule has 0 aliphatic carbocycles. The molecule has 0 spiro atoms. The quantitative estimate of drug-likeness (QED) is 0.153. The van der Waals surface area contributed by atoms with Gasteiger partial charge in [-0.3, -0.25) is 14.9 Å². The fourth-order valence-electron chi connectivity index (χ4n) is 3.38. The molecule has 3 rings (SSSR count). The fourth-order valence-corrected chi connectivity index (χ4v) is 3.76. The molecule has 0 aliphatic rings. The lowest BCUT2D eigenvalue weighted by atomic mass is 10.0. The van der Waals surface area contributed by atoms with Crippen molar-refractivity contribution in [2.24, 2.45) is 0 Å². The largest absolute Gasteiger partial charge is 0.508 e. The number of amides is 2. The summed E-state index contributed by atoms with van der Waals surface area (Å²) in [6.45, 7) is 1.44. The lowest BCUT2D eigenvalue weighted by molar-refractivity contribution is -0.112. The maximum atomic E-state index is 12.8. The SMILES string of the molecule is CO[C@@H](/C=C/C(=O)Nc1ccccc1N)[C@@H](OC(=O)Nc1ccc(C(C)=O)cc1)c1cc(Br)ccc1O. The number of phenols is 1. The summed E-state index contributed by atoms with van der Waals surface area (Å²) < 4.78 is 11.8. The van der Waals surface area contributed by atoms with Gasteiger partial charge < -0.3 is 25.6 Å². The van der Waals surface area contributed by atoms with Crippen LogP contribution in [0.3, 0.4) is 0 Å². The highest BCUT2D eigenvalue weighted by atomic mass is 79.9. The van der Waals surface area contributed by atoms with Gasteiger partial charge in [-0.15, -0.1) is 0 Å². The number of hydrogen-bond donors (Lipinski definition) is 4. The number of para-hydroxylation sites is 2. The van der Waals surface area contributed by atoms with Crippen LogP contribution in [0, 0.1) is 0 Å². The first-order valence-corrected chi connectivity index (χ1v) is 11.9. The first kappa shape index (κ1) is 27.4. The van der Waals surface area contributed by atoms with Crippen molar-refractivity contribution in [1.82, 2.24) is 0 Å². The van der Waals surface area contributed by atoms with Gasteiger partial charge in [-0.05, 0) is 67.6 Å². The molecule has 192 valence electrons. The lowest BCUT2D eigenvalue weighted by Crippen LogP contribution is -2.27. The minimum atomic E-state index is -1.13. The number of halogens is 1. The van der Waals surface area contributed by atoms with Crippen LogP contribution < -0.4 is 16.4 Å². The molecule has 0 saturated carbocycles. The number of carbonyl (C=O) groups excluding carboxylic acids is 3. The third kappa shape index (κ3) is 7.66. The van der Waals surface area contributed by atoms with Crippen LogP contribution >= 0.6 is 15.9 Å². The summed E-state index contributed by atoms with van der Waals surface area (Å²) in [6, 6.07) is 17.7. The molecule has 3 aromatic carbocycles. The average molecular weight is 568 g/mol. The van der Waals surface area contributed by atoms with Crippen molar-refractivity contribution in [3.8, 4) is 5.75 Å². The van der Waals surface area contributed by atoms with E-state index in [4.69, 9.17) is 15.2 Å². The third-order valence-electron chi connectivity index (χ3n) is 5.29. The summed E-state index contributed by atoms with van der Waals surface area (Å²) in [7, 11) is 1.38. The molecule has 0 fully saturated rings. The molecule has 0 aromatic heterocycles. The van der Waals surface area contributed by atoms with Crippen molar-refractivity contribution in [1.29, 1.82) is 0 Å². The summed E-state index contributed by atoms with van der Waals surface area (Å²) in [5.74, 6) is -0.719. The van der Waals surface area contributed by atoms with Crippen molar-refractivity contribution >= 4 is 50.8 Å². The van der Waals surface area contributed by atoms with Gasteiger partial charge in [0.15, 0.2) is 11.9 Å². The van der Waals surface area contributed by atoms with E-state index >= 15 is 0 Å². The normalized spacial score (nSPS) is 12.5. The van der Waals surface area contributed by atoms with Crippen LogP contribution in [0.1, 0.15) is 28.9 Å². The van der Waals surface area contributed by atoms with Gasteiger partial charge in [0.05, 0.1) is 11.4 Å². The Morgan fingerprint density at radius 1 is 1.03 bits per heavy atom. The number of ether oxygens (including phenoxy) is 2. The molecule has 10 heteroatoms. The number of carbonyl (C=O) groups is 3. The summed E-state index contributed by atoms with van der Waals surface area (Å²) in [6.07, 6.45) is -0.287. The Hall–Kier alpha value is -4.15. The number of rotatable bonds is 9. The van der Waals surface area contributed by atoms with E-state index in [0.29, 0.717) is 27.1 Å². The molecular weight excluding hydrogens is 542 g/mol. The van der Waals surface area contributed by atoms with Gasteiger partial charge in [-0.25, -0.2) is 4.79 Å². The molecule has 37 heavy (non-hydrogen) atoms. The van der Waals surface area contributed by atoms with Crippen LogP contribution in [-0.4, -0.2) is 36.1 Å². The van der Waals surface area contributed by atoms with Crippen LogP contribution in [0.5, 0.6) is 5.75 Å². The van der Waals surface area contributed by atoms with Gasteiger partial charge in [0.25, 0.3) is 0 Å². The standard InChI is InChI=1S/C27H26BrN3O6/c1-16(32)17-7-10-19(11-8-17)30-27(35)37-26(20-15-18(28)9-12-23(20)33)24(36-2)13-14-25(34)31-22-6-4-3-5-21(22)29/h3-15,24,26,33H,29H2,1-2H3,(H,30,35)(H,31,34)/b14-13+/t24-,26-/m0/s1. The van der Waals surface area contributed by atoms with Crippen LogP contribution in [-0.2, 0) is 14.3 Å². The molecule has 3 aromatic rings. The maximum absolute atomic E-state index is 12.8. The predicted molar refractivity (Wildman–Crippen MR) is 145 cm³/mol. The molecule has 5 N–H and O–H groups in total. The molecular formula is C27H26BrN3O6. The number of nitrogens with two attached hydrogens (primary N) is 1. The first-order valence-electron chi connectivity index (χ1n) is 11.1. The highest BCUT2D eigenvalue weighted by molar-refractivity contribution is 9.10. The molecule has 0 bridgehead atoms. The second kappa shape index (κ2) is 12.7. The summed E-state index contributed by atoms with van der Waals surface area (Å²) in [5.41, 5.74) is 7.86. The molecule has 0 unspecified atom stereocenters. The number of anilines is 3. The zero-order chi connectivity index (χ0) is 26.9. The minimum Gasteiger partial charge on any atom is -0.508 e. The van der Waals surface area contributed by atoms with Crippen molar-refractivity contribution < 1.29 is 29.0 Å². The Morgan fingerprint density at radius 3 is 2.38 bits per heavy atom. The fraction of sp³-hybridized carbons (Fsp3) is 0.148. The Morgan fingerprint density at radius 2 is 1.73 bits per heavy atom. The molecule has 0 aliphatic heterocycles. The molecule has 2 atom stereocenters. The Balaban J connectivity index is 1.82. The molecule has 9 nitrogen and oxygen atoms in total. The van der Waals surface area contributed by atoms with Crippen molar-refractivity contribution in [2.75, 3.05) is 23.5 Å². The van der Waals surface area contributed by atoms with Crippen molar-refractivity contribution in [3.63, 3.8) is 0 Å². The number of Topliss-reactive ketones (excluding diaryl/α,β-unsaturated/α-hetero) is 1. The first-order chi connectivity index (χ1) is 17.7. The maximum Gasteiger partial charge on any atom is 0.412 e. The van der Waals surface area contributed by atoms with Gasteiger partial charge in [0.2, 0.25) is 5.91 Å². The number of nitrogens with one attached hydrogen (secondary N) is 2. The van der Waals surface area contributed by atoms with E-state index in [1.54, 1.807) is 60.7 Å². The van der Waals surface area contributed by atoms with Gasteiger partial charge >= 0.3 is 6.09 Å². The highest BCUT2D eigenvalue weighted by Gasteiger charge is 2.28. The zero-order valence-electron chi connectivity index (χ0n) is 20.1. The molecule has 0 radical (unpaired) electrons. The zero-order valence-corrected chi connectivity index (χ0v) is 21.7. The van der Waals surface area contributed by atoms with Crippen LogP contribution in [0.15, 0.2) is 83.4 Å². The van der Waals surface area contributed by atoms with Crippen LogP contribution in [0.4, 0.5) is 21.9 Å². The molecule has 2 amide bonds. The van der Waals surface area contributed by atoms with Crippen LogP contribution in [0.25, 0.3) is 0 Å². The number of methoxy groups -OCH3 is 1. The number of nitrogen functional groups attached to an aromatic ring is 1.